The molecule has 0 aromatic heterocycles. The van der Waals surface area contributed by atoms with E-state index < -0.39 is 0 Å². The first-order valence-electron chi connectivity index (χ1n) is 5.62. The van der Waals surface area contributed by atoms with Crippen LogP contribution in [0.15, 0.2) is 0 Å². The minimum atomic E-state index is -0.364. The molecule has 4 heteroatoms. The Morgan fingerprint density at radius 3 is 2.93 bits per heavy atom. The van der Waals surface area contributed by atoms with Gasteiger partial charge in [-0.05, 0) is 31.9 Å². The predicted octanol–water partition coefficient (Wildman–Crippen LogP) is 1.95. The van der Waals surface area contributed by atoms with E-state index in [0.29, 0.717) is 12.5 Å². The monoisotopic (exact) mass is 230 g/mol. The highest BCUT2D eigenvalue weighted by atomic mass is 32.1. The summed E-state index contributed by atoms with van der Waals surface area (Å²) in [6, 6.07) is 0. The van der Waals surface area contributed by atoms with Crippen molar-refractivity contribution in [2.45, 2.75) is 56.8 Å². The molecule has 2 aliphatic heterocycles. The molecule has 2 aliphatic rings. The van der Waals surface area contributed by atoms with Gasteiger partial charge in [-0.3, -0.25) is 4.79 Å². The zero-order chi connectivity index (χ0) is 10.9. The molecule has 2 saturated heterocycles. The molecule has 3 unspecified atom stereocenters. The van der Waals surface area contributed by atoms with E-state index in [9.17, 15) is 4.79 Å². The van der Waals surface area contributed by atoms with Crippen LogP contribution in [0.3, 0.4) is 0 Å². The molecule has 0 saturated carbocycles. The number of thiol groups is 1. The van der Waals surface area contributed by atoms with Gasteiger partial charge in [0.25, 0.3) is 0 Å². The van der Waals surface area contributed by atoms with Crippen LogP contribution in [-0.4, -0.2) is 29.5 Å². The highest BCUT2D eigenvalue weighted by Gasteiger charge is 2.51. The Morgan fingerprint density at radius 2 is 2.40 bits per heavy atom. The van der Waals surface area contributed by atoms with Gasteiger partial charge in [-0.25, -0.2) is 0 Å². The normalized spacial score (nSPS) is 38.3. The molecular formula is C11H18O3S. The highest BCUT2D eigenvalue weighted by Crippen LogP contribution is 2.43. The lowest BCUT2D eigenvalue weighted by Gasteiger charge is -2.30. The molecule has 0 amide bonds. The number of hydrogen-bond donors (Lipinski definition) is 1. The SMILES string of the molecule is CC1(OC(=O)CCCS)CC2CCC1O2. The van der Waals surface area contributed by atoms with E-state index in [1.165, 1.54) is 0 Å². The largest absolute Gasteiger partial charge is 0.456 e. The van der Waals surface area contributed by atoms with E-state index >= 15 is 0 Å². The molecule has 2 rings (SSSR count). The summed E-state index contributed by atoms with van der Waals surface area (Å²) in [5.74, 6) is 0.622. The summed E-state index contributed by atoms with van der Waals surface area (Å²) in [7, 11) is 0. The zero-order valence-corrected chi connectivity index (χ0v) is 9.96. The van der Waals surface area contributed by atoms with Crippen LogP contribution in [0.1, 0.15) is 39.0 Å². The van der Waals surface area contributed by atoms with Crippen LogP contribution in [0, 0.1) is 0 Å². The molecular weight excluding hydrogens is 212 g/mol. The molecule has 3 nitrogen and oxygen atoms in total. The van der Waals surface area contributed by atoms with Gasteiger partial charge in [0.05, 0.1) is 12.2 Å². The fraction of sp³-hybridized carbons (Fsp3) is 0.909. The summed E-state index contributed by atoms with van der Waals surface area (Å²) in [5.41, 5.74) is -0.364. The summed E-state index contributed by atoms with van der Waals surface area (Å²) >= 11 is 4.08. The Hall–Kier alpha value is -0.220. The molecule has 0 aromatic rings. The van der Waals surface area contributed by atoms with Crippen molar-refractivity contribution in [1.82, 2.24) is 0 Å². The summed E-state index contributed by atoms with van der Waals surface area (Å²) in [6.07, 6.45) is 4.71. The number of hydrogen-bond acceptors (Lipinski definition) is 4. The van der Waals surface area contributed by atoms with Crippen LogP contribution >= 0.6 is 12.6 Å². The molecule has 2 bridgehead atoms. The Kier molecular flexibility index (Phi) is 3.26. The van der Waals surface area contributed by atoms with Crippen LogP contribution in [-0.2, 0) is 14.3 Å². The van der Waals surface area contributed by atoms with Gasteiger partial charge in [-0.1, -0.05) is 0 Å². The van der Waals surface area contributed by atoms with Crippen molar-refractivity contribution in [3.05, 3.63) is 0 Å². The van der Waals surface area contributed by atoms with Crippen molar-refractivity contribution in [1.29, 1.82) is 0 Å². The number of rotatable bonds is 4. The first-order chi connectivity index (χ1) is 7.14. The second-order valence-corrected chi connectivity index (χ2v) is 5.09. The molecule has 86 valence electrons. The lowest BCUT2D eigenvalue weighted by Crippen LogP contribution is -2.41. The number of esters is 1. The van der Waals surface area contributed by atoms with Crippen LogP contribution in [0.2, 0.25) is 0 Å². The standard InChI is InChI=1S/C11H18O3S/c1-11(14-10(12)3-2-6-15)7-8-4-5-9(11)13-8/h8-9,15H,2-7H2,1H3. The molecule has 0 N–H and O–H groups in total. The fourth-order valence-electron chi connectivity index (χ4n) is 2.53. The molecule has 15 heavy (non-hydrogen) atoms. The number of fused-ring (bicyclic) bond motifs is 2. The van der Waals surface area contributed by atoms with Gasteiger partial charge in [-0.2, -0.15) is 12.6 Å². The highest BCUT2D eigenvalue weighted by molar-refractivity contribution is 7.80. The molecule has 0 aromatic carbocycles. The van der Waals surface area contributed by atoms with Gasteiger partial charge in [-0.15, -0.1) is 0 Å². The van der Waals surface area contributed by atoms with Gasteiger partial charge in [0.15, 0.2) is 0 Å². The van der Waals surface area contributed by atoms with E-state index in [1.54, 1.807) is 0 Å². The van der Waals surface area contributed by atoms with Crippen molar-refractivity contribution in [3.63, 3.8) is 0 Å². The van der Waals surface area contributed by atoms with Crippen molar-refractivity contribution in [2.24, 2.45) is 0 Å². The summed E-state index contributed by atoms with van der Waals surface area (Å²) in [5, 5.41) is 0. The maximum absolute atomic E-state index is 11.5. The first kappa shape index (κ1) is 11.3. The fourth-order valence-corrected chi connectivity index (χ4v) is 2.69. The third kappa shape index (κ3) is 2.31. The topological polar surface area (TPSA) is 35.5 Å². The average Bonchev–Trinajstić information content (AvgIpc) is 2.73. The van der Waals surface area contributed by atoms with Crippen molar-refractivity contribution < 1.29 is 14.3 Å². The molecule has 2 fully saturated rings. The lowest BCUT2D eigenvalue weighted by molar-refractivity contribution is -0.163. The Balaban J connectivity index is 1.86. The van der Waals surface area contributed by atoms with Gasteiger partial charge in [0, 0.05) is 12.8 Å². The molecule has 0 aliphatic carbocycles. The third-order valence-corrected chi connectivity index (χ3v) is 3.62. The van der Waals surface area contributed by atoms with E-state index in [1.807, 2.05) is 6.92 Å². The minimum absolute atomic E-state index is 0.109. The smallest absolute Gasteiger partial charge is 0.306 e. The van der Waals surface area contributed by atoms with Crippen LogP contribution in [0.25, 0.3) is 0 Å². The lowest BCUT2D eigenvalue weighted by atomic mass is 9.86. The minimum Gasteiger partial charge on any atom is -0.456 e. The maximum atomic E-state index is 11.5. The van der Waals surface area contributed by atoms with E-state index in [2.05, 4.69) is 12.6 Å². The third-order valence-electron chi connectivity index (χ3n) is 3.31. The van der Waals surface area contributed by atoms with Crippen molar-refractivity contribution >= 4 is 18.6 Å². The number of carbonyl (C=O) groups is 1. The Bertz CT molecular complexity index is 256. The molecule has 0 spiro atoms. The van der Waals surface area contributed by atoms with Crippen LogP contribution in [0.5, 0.6) is 0 Å². The maximum Gasteiger partial charge on any atom is 0.306 e. The van der Waals surface area contributed by atoms with E-state index in [0.717, 1.165) is 31.4 Å². The molecule has 2 heterocycles. The van der Waals surface area contributed by atoms with Gasteiger partial charge < -0.3 is 9.47 Å². The van der Waals surface area contributed by atoms with E-state index in [4.69, 9.17) is 9.47 Å². The zero-order valence-electron chi connectivity index (χ0n) is 9.07. The summed E-state index contributed by atoms with van der Waals surface area (Å²) in [6.45, 7) is 2.00. The molecule has 0 radical (unpaired) electrons. The Morgan fingerprint density at radius 1 is 1.60 bits per heavy atom. The number of carbonyl (C=O) groups excluding carboxylic acids is 1. The quantitative estimate of drug-likeness (QED) is 0.592. The number of ether oxygens (including phenoxy) is 2. The second kappa shape index (κ2) is 4.34. The van der Waals surface area contributed by atoms with Crippen molar-refractivity contribution in [2.75, 3.05) is 5.75 Å². The first-order valence-corrected chi connectivity index (χ1v) is 6.25. The predicted molar refractivity (Wildman–Crippen MR) is 60.1 cm³/mol. The Labute approximate surface area is 95.9 Å². The second-order valence-electron chi connectivity index (χ2n) is 4.64. The van der Waals surface area contributed by atoms with Crippen LogP contribution < -0.4 is 0 Å². The average molecular weight is 230 g/mol. The van der Waals surface area contributed by atoms with Gasteiger partial charge in [0.2, 0.25) is 0 Å². The summed E-state index contributed by atoms with van der Waals surface area (Å²) in [4.78, 5) is 11.5. The summed E-state index contributed by atoms with van der Waals surface area (Å²) < 4.78 is 11.2. The van der Waals surface area contributed by atoms with E-state index in [-0.39, 0.29) is 17.7 Å². The molecule has 3 atom stereocenters. The van der Waals surface area contributed by atoms with Crippen LogP contribution in [0.4, 0.5) is 0 Å². The van der Waals surface area contributed by atoms with Crippen molar-refractivity contribution in [3.8, 4) is 0 Å². The van der Waals surface area contributed by atoms with Gasteiger partial charge in [0.1, 0.15) is 5.60 Å². The van der Waals surface area contributed by atoms with Gasteiger partial charge >= 0.3 is 5.97 Å².